The highest BCUT2D eigenvalue weighted by atomic mass is 79.9. The van der Waals surface area contributed by atoms with E-state index in [4.69, 9.17) is 5.11 Å². The maximum Gasteiger partial charge on any atom is 0.320 e. The van der Waals surface area contributed by atoms with Gasteiger partial charge in [0.05, 0.1) is 4.92 Å². The largest absolute Gasteiger partial charge is 0.480 e. The number of halogens is 1. The molecule has 0 radical (unpaired) electrons. The van der Waals surface area contributed by atoms with E-state index >= 15 is 0 Å². The van der Waals surface area contributed by atoms with Crippen LogP contribution in [0.5, 0.6) is 0 Å². The molecule has 1 unspecified atom stereocenters. The van der Waals surface area contributed by atoms with Gasteiger partial charge < -0.3 is 10.4 Å². The molecule has 0 spiro atoms. The van der Waals surface area contributed by atoms with Gasteiger partial charge in [0.15, 0.2) is 0 Å². The van der Waals surface area contributed by atoms with Crippen LogP contribution in [0.3, 0.4) is 0 Å². The molecule has 0 saturated heterocycles. The fourth-order valence-corrected chi connectivity index (χ4v) is 2.18. The molecule has 0 bridgehead atoms. The number of aliphatic carboxylic acids is 1. The van der Waals surface area contributed by atoms with Crippen molar-refractivity contribution in [1.29, 1.82) is 0 Å². The lowest BCUT2D eigenvalue weighted by molar-refractivity contribution is -0.385. The van der Waals surface area contributed by atoms with Crippen molar-refractivity contribution >= 4 is 27.6 Å². The van der Waals surface area contributed by atoms with E-state index in [2.05, 4.69) is 21.2 Å². The molecule has 1 aromatic rings. The van der Waals surface area contributed by atoms with Crippen molar-refractivity contribution in [2.75, 3.05) is 0 Å². The second kappa shape index (κ2) is 7.35. The molecule has 0 aliphatic rings. The SMILES string of the molecule is CC(C)CC(NCc1ccc(Br)cc1[N+](=O)[O-])C(=O)O. The zero-order chi connectivity index (χ0) is 15.3. The van der Waals surface area contributed by atoms with E-state index in [9.17, 15) is 14.9 Å². The van der Waals surface area contributed by atoms with Crippen LogP contribution in [0.4, 0.5) is 5.69 Å². The number of carbonyl (C=O) groups is 1. The van der Waals surface area contributed by atoms with Gasteiger partial charge in [0.1, 0.15) is 6.04 Å². The maximum atomic E-state index is 11.1. The fraction of sp³-hybridized carbons (Fsp3) is 0.462. The summed E-state index contributed by atoms with van der Waals surface area (Å²) >= 11 is 3.18. The molecule has 0 aliphatic heterocycles. The first-order valence-corrected chi connectivity index (χ1v) is 6.99. The minimum Gasteiger partial charge on any atom is -0.480 e. The number of hydrogen-bond acceptors (Lipinski definition) is 4. The summed E-state index contributed by atoms with van der Waals surface area (Å²) in [5.41, 5.74) is 0.439. The first-order valence-electron chi connectivity index (χ1n) is 6.20. The summed E-state index contributed by atoms with van der Waals surface area (Å²) < 4.78 is 0.616. The first kappa shape index (κ1) is 16.6. The molecule has 20 heavy (non-hydrogen) atoms. The van der Waals surface area contributed by atoms with Crippen LogP contribution in [-0.4, -0.2) is 22.0 Å². The Balaban J connectivity index is 2.82. The van der Waals surface area contributed by atoms with Crippen LogP contribution >= 0.6 is 15.9 Å². The highest BCUT2D eigenvalue weighted by Crippen LogP contribution is 2.23. The monoisotopic (exact) mass is 344 g/mol. The lowest BCUT2D eigenvalue weighted by atomic mass is 10.0. The van der Waals surface area contributed by atoms with Crippen LogP contribution in [0.15, 0.2) is 22.7 Å². The molecular weight excluding hydrogens is 328 g/mol. The Bertz CT molecular complexity index is 505. The van der Waals surface area contributed by atoms with Crippen molar-refractivity contribution in [1.82, 2.24) is 5.32 Å². The van der Waals surface area contributed by atoms with Crippen molar-refractivity contribution in [2.24, 2.45) is 5.92 Å². The number of carboxylic acids is 1. The van der Waals surface area contributed by atoms with E-state index in [0.29, 0.717) is 16.5 Å². The zero-order valence-corrected chi connectivity index (χ0v) is 12.9. The number of nitrogens with zero attached hydrogens (tertiary/aromatic N) is 1. The molecule has 1 atom stereocenters. The van der Waals surface area contributed by atoms with Gasteiger partial charge in [-0.3, -0.25) is 14.9 Å². The van der Waals surface area contributed by atoms with Gasteiger partial charge in [-0.15, -0.1) is 0 Å². The van der Waals surface area contributed by atoms with Gasteiger partial charge in [0, 0.05) is 22.6 Å². The smallest absolute Gasteiger partial charge is 0.320 e. The van der Waals surface area contributed by atoms with Gasteiger partial charge >= 0.3 is 5.97 Å². The van der Waals surface area contributed by atoms with Gasteiger partial charge in [-0.25, -0.2) is 0 Å². The van der Waals surface area contributed by atoms with Crippen LogP contribution in [-0.2, 0) is 11.3 Å². The molecule has 2 N–H and O–H groups in total. The van der Waals surface area contributed by atoms with Gasteiger partial charge in [-0.2, -0.15) is 0 Å². The minimum absolute atomic E-state index is 0.0273. The molecule has 0 fully saturated rings. The second-order valence-electron chi connectivity index (χ2n) is 4.93. The molecule has 1 rings (SSSR count). The molecule has 0 heterocycles. The highest BCUT2D eigenvalue weighted by molar-refractivity contribution is 9.10. The van der Waals surface area contributed by atoms with Crippen LogP contribution in [0, 0.1) is 16.0 Å². The van der Waals surface area contributed by atoms with Gasteiger partial charge in [0.2, 0.25) is 0 Å². The molecule has 0 aromatic heterocycles. The summed E-state index contributed by atoms with van der Waals surface area (Å²) in [4.78, 5) is 21.6. The first-order chi connectivity index (χ1) is 9.31. The van der Waals surface area contributed by atoms with Crippen LogP contribution in [0.25, 0.3) is 0 Å². The normalized spacial score (nSPS) is 12.4. The van der Waals surface area contributed by atoms with Crippen LogP contribution in [0.1, 0.15) is 25.8 Å². The molecule has 0 saturated carbocycles. The molecular formula is C13H17BrN2O4. The molecule has 6 nitrogen and oxygen atoms in total. The number of hydrogen-bond donors (Lipinski definition) is 2. The lowest BCUT2D eigenvalue weighted by Gasteiger charge is -2.16. The van der Waals surface area contributed by atoms with E-state index < -0.39 is 16.9 Å². The Labute approximate surface area is 125 Å². The van der Waals surface area contributed by atoms with Gasteiger partial charge in [-0.05, 0) is 24.5 Å². The summed E-state index contributed by atoms with van der Waals surface area (Å²) in [6, 6.07) is 4.01. The quantitative estimate of drug-likeness (QED) is 0.585. The van der Waals surface area contributed by atoms with Crippen LogP contribution < -0.4 is 5.32 Å². The predicted octanol–water partition coefficient (Wildman–Crippen LogP) is 2.95. The molecule has 110 valence electrons. The third-order valence-electron chi connectivity index (χ3n) is 2.79. The Kier molecular flexibility index (Phi) is 6.09. The fourth-order valence-electron chi connectivity index (χ4n) is 1.83. The van der Waals surface area contributed by atoms with Crippen molar-refractivity contribution in [3.05, 3.63) is 38.3 Å². The number of rotatable bonds is 7. The molecule has 1 aromatic carbocycles. The van der Waals surface area contributed by atoms with E-state index in [1.807, 2.05) is 13.8 Å². The van der Waals surface area contributed by atoms with Crippen molar-refractivity contribution in [2.45, 2.75) is 32.9 Å². The third-order valence-corrected chi connectivity index (χ3v) is 3.28. The Morgan fingerprint density at radius 2 is 2.15 bits per heavy atom. The van der Waals surface area contributed by atoms with Crippen molar-refractivity contribution in [3.63, 3.8) is 0 Å². The van der Waals surface area contributed by atoms with Gasteiger partial charge in [-0.1, -0.05) is 29.8 Å². The third kappa shape index (κ3) is 4.90. The van der Waals surface area contributed by atoms with Crippen molar-refractivity contribution < 1.29 is 14.8 Å². The standard InChI is InChI=1S/C13H17BrN2O4/c1-8(2)5-11(13(17)18)15-7-9-3-4-10(14)6-12(9)16(19)20/h3-4,6,8,11,15H,5,7H2,1-2H3,(H,17,18). The molecule has 0 amide bonds. The minimum atomic E-state index is -0.946. The number of nitro groups is 1. The second-order valence-corrected chi connectivity index (χ2v) is 5.85. The number of nitro benzene ring substituents is 1. The lowest BCUT2D eigenvalue weighted by Crippen LogP contribution is -2.37. The highest BCUT2D eigenvalue weighted by Gasteiger charge is 2.20. The summed E-state index contributed by atoms with van der Waals surface area (Å²) in [6.45, 7) is 4.01. The summed E-state index contributed by atoms with van der Waals surface area (Å²) in [6.07, 6.45) is 0.472. The Morgan fingerprint density at radius 1 is 1.50 bits per heavy atom. The summed E-state index contributed by atoms with van der Waals surface area (Å²) in [5, 5.41) is 23.0. The van der Waals surface area contributed by atoms with E-state index in [0.717, 1.165) is 0 Å². The maximum absolute atomic E-state index is 11.1. The van der Waals surface area contributed by atoms with E-state index in [1.54, 1.807) is 12.1 Å². The topological polar surface area (TPSA) is 92.5 Å². The Morgan fingerprint density at radius 3 is 2.65 bits per heavy atom. The summed E-state index contributed by atoms with van der Waals surface area (Å²) in [7, 11) is 0. The van der Waals surface area contributed by atoms with Crippen LogP contribution in [0.2, 0.25) is 0 Å². The summed E-state index contributed by atoms with van der Waals surface area (Å²) in [5.74, 6) is -0.720. The van der Waals surface area contributed by atoms with Gasteiger partial charge in [0.25, 0.3) is 5.69 Å². The zero-order valence-electron chi connectivity index (χ0n) is 11.3. The van der Waals surface area contributed by atoms with Crippen molar-refractivity contribution in [3.8, 4) is 0 Å². The number of benzene rings is 1. The average Bonchev–Trinajstić information content (AvgIpc) is 2.34. The average molecular weight is 345 g/mol. The molecule has 0 aliphatic carbocycles. The van der Waals surface area contributed by atoms with E-state index in [1.165, 1.54) is 6.07 Å². The number of carboxylic acid groups (broad SMARTS) is 1. The van der Waals surface area contributed by atoms with E-state index in [-0.39, 0.29) is 18.2 Å². The molecule has 7 heteroatoms. The predicted molar refractivity (Wildman–Crippen MR) is 78.5 cm³/mol. The Hall–Kier alpha value is -1.47. The number of nitrogens with one attached hydrogen (secondary N) is 1.